The van der Waals surface area contributed by atoms with Crippen molar-refractivity contribution < 1.29 is 33.4 Å². The molecule has 0 heterocycles. The summed E-state index contributed by atoms with van der Waals surface area (Å²) in [6.07, 6.45) is -1.27. The summed E-state index contributed by atoms with van der Waals surface area (Å²) < 4.78 is 16.1. The average molecular weight is 522 g/mol. The number of nitrogens with zero attached hydrogens (tertiary/aromatic N) is 1. The van der Waals surface area contributed by atoms with Crippen LogP contribution in [0.3, 0.4) is 0 Å². The summed E-state index contributed by atoms with van der Waals surface area (Å²) in [5.74, 6) is -0.0364. The van der Waals surface area contributed by atoms with Gasteiger partial charge in [-0.1, -0.05) is 42.5 Å². The second-order valence-corrected chi connectivity index (χ2v) is 8.59. The van der Waals surface area contributed by atoms with Crippen molar-refractivity contribution in [1.29, 1.82) is 0 Å². The van der Waals surface area contributed by atoms with E-state index in [-0.39, 0.29) is 33.3 Å². The van der Waals surface area contributed by atoms with Crippen LogP contribution in [0.2, 0.25) is 0 Å². The van der Waals surface area contributed by atoms with Gasteiger partial charge in [0.15, 0.2) is 0 Å². The van der Waals surface area contributed by atoms with Gasteiger partial charge in [-0.25, -0.2) is 14.7 Å². The molecule has 1 atom stereocenters. The predicted molar refractivity (Wildman–Crippen MR) is 139 cm³/mol. The van der Waals surface area contributed by atoms with Gasteiger partial charge in [-0.15, -0.1) is 0 Å². The van der Waals surface area contributed by atoms with Crippen LogP contribution in [0.4, 0.5) is 9.59 Å². The van der Waals surface area contributed by atoms with E-state index in [0.717, 1.165) is 16.2 Å². The number of alkyl carbamates (subject to hydrolysis) is 2. The average Bonchev–Trinajstić information content (AvgIpc) is 2.83. The van der Waals surface area contributed by atoms with E-state index in [9.17, 15) is 14.4 Å². The number of likely N-dealkylation sites (N-methyl/N-ethyl adjacent to an activating group) is 1. The molecule has 0 aromatic heterocycles. The van der Waals surface area contributed by atoms with Crippen LogP contribution in [0.1, 0.15) is 31.9 Å². The van der Waals surface area contributed by atoms with Gasteiger partial charge < -0.3 is 24.8 Å². The van der Waals surface area contributed by atoms with E-state index in [0.29, 0.717) is 5.75 Å². The third kappa shape index (κ3) is 11.3. The molecule has 0 radical (unpaired) electrons. The molecule has 2 aromatic carbocycles. The molecule has 0 fully saturated rings. The van der Waals surface area contributed by atoms with Gasteiger partial charge in [0.25, 0.3) is 5.91 Å². The van der Waals surface area contributed by atoms with Crippen molar-refractivity contribution >= 4 is 31.6 Å². The Hall–Kier alpha value is -3.44. The SMILES string of the molecule is CON(C)C(=O)[C@H](COc1ccc(CNC(=O)OC(C)(C)C)cc1)NC(=O)OCc1ccccc1.S. The fraction of sp³-hybridized carbons (Fsp3) is 0.400. The summed E-state index contributed by atoms with van der Waals surface area (Å²) in [7, 11) is 2.77. The lowest BCUT2D eigenvalue weighted by molar-refractivity contribution is -0.171. The predicted octanol–water partition coefficient (Wildman–Crippen LogP) is 3.52. The van der Waals surface area contributed by atoms with Crippen molar-refractivity contribution in [2.75, 3.05) is 20.8 Å². The van der Waals surface area contributed by atoms with Crippen molar-refractivity contribution in [3.63, 3.8) is 0 Å². The zero-order valence-corrected chi connectivity index (χ0v) is 22.2. The molecule has 10 nitrogen and oxygen atoms in total. The minimum atomic E-state index is -1.04. The lowest BCUT2D eigenvalue weighted by Crippen LogP contribution is -2.50. The van der Waals surface area contributed by atoms with E-state index < -0.39 is 29.7 Å². The van der Waals surface area contributed by atoms with E-state index in [2.05, 4.69) is 10.6 Å². The number of rotatable bonds is 10. The van der Waals surface area contributed by atoms with Crippen molar-refractivity contribution in [1.82, 2.24) is 15.7 Å². The van der Waals surface area contributed by atoms with Gasteiger partial charge in [0.2, 0.25) is 0 Å². The molecule has 0 saturated carbocycles. The number of hydrogen-bond acceptors (Lipinski definition) is 7. The molecule has 0 aliphatic rings. The third-order valence-electron chi connectivity index (χ3n) is 4.56. The van der Waals surface area contributed by atoms with E-state index in [1.165, 1.54) is 14.2 Å². The quantitative estimate of drug-likeness (QED) is 0.460. The van der Waals surface area contributed by atoms with Crippen molar-refractivity contribution in [2.45, 2.75) is 45.6 Å². The van der Waals surface area contributed by atoms with Gasteiger partial charge in [0.1, 0.15) is 30.6 Å². The normalized spacial score (nSPS) is 11.4. The fourth-order valence-corrected chi connectivity index (χ4v) is 2.76. The Kier molecular flexibility index (Phi) is 12.6. The van der Waals surface area contributed by atoms with Gasteiger partial charge in [-0.05, 0) is 44.0 Å². The van der Waals surface area contributed by atoms with Crippen LogP contribution >= 0.6 is 13.5 Å². The number of hydroxylamine groups is 2. The monoisotopic (exact) mass is 521 g/mol. The molecule has 3 amide bonds. The highest BCUT2D eigenvalue weighted by Gasteiger charge is 2.26. The molecule has 0 saturated heterocycles. The maximum Gasteiger partial charge on any atom is 0.408 e. The van der Waals surface area contributed by atoms with Crippen molar-refractivity contribution in [3.8, 4) is 5.75 Å². The molecular weight excluding hydrogens is 486 g/mol. The largest absolute Gasteiger partial charge is 0.491 e. The highest BCUT2D eigenvalue weighted by Crippen LogP contribution is 2.14. The maximum absolute atomic E-state index is 12.6. The van der Waals surface area contributed by atoms with Crippen molar-refractivity contribution in [2.24, 2.45) is 0 Å². The highest BCUT2D eigenvalue weighted by atomic mass is 32.1. The molecule has 0 spiro atoms. The van der Waals surface area contributed by atoms with E-state index in [4.69, 9.17) is 19.0 Å². The first-order valence-corrected chi connectivity index (χ1v) is 11.0. The standard InChI is InChI=1S/C25H33N3O7.H2S/c1-25(2,3)35-23(30)26-15-18-11-13-20(14-12-18)33-17-21(22(29)28(4)32-5)27-24(31)34-16-19-9-7-6-8-10-19;/h6-14,21H,15-17H2,1-5H3,(H,26,30)(H,27,31);1H2/t21-;/m0./s1. The minimum Gasteiger partial charge on any atom is -0.491 e. The molecule has 2 N–H and O–H groups in total. The van der Waals surface area contributed by atoms with Gasteiger partial charge in [0.05, 0.1) is 7.11 Å². The molecule has 198 valence electrons. The minimum absolute atomic E-state index is 0. The van der Waals surface area contributed by atoms with Crippen LogP contribution in [0.5, 0.6) is 5.75 Å². The van der Waals surface area contributed by atoms with Crippen LogP contribution in [0.15, 0.2) is 54.6 Å². The van der Waals surface area contributed by atoms with Gasteiger partial charge >= 0.3 is 12.2 Å². The van der Waals surface area contributed by atoms with E-state index in [1.807, 2.05) is 30.3 Å². The van der Waals surface area contributed by atoms with E-state index in [1.54, 1.807) is 45.0 Å². The Morgan fingerprint density at radius 1 is 0.944 bits per heavy atom. The fourth-order valence-electron chi connectivity index (χ4n) is 2.76. The number of nitrogens with one attached hydrogen (secondary N) is 2. The Morgan fingerprint density at radius 3 is 2.17 bits per heavy atom. The van der Waals surface area contributed by atoms with Gasteiger partial charge in [0, 0.05) is 13.6 Å². The molecule has 11 heteroatoms. The lowest BCUT2D eigenvalue weighted by atomic mass is 10.2. The van der Waals surface area contributed by atoms with Crippen LogP contribution in [-0.4, -0.2) is 55.6 Å². The third-order valence-corrected chi connectivity index (χ3v) is 4.56. The Bertz CT molecular complexity index is 966. The zero-order chi connectivity index (χ0) is 25.8. The molecule has 2 rings (SSSR count). The molecule has 2 aromatic rings. The van der Waals surface area contributed by atoms with E-state index >= 15 is 0 Å². The second kappa shape index (κ2) is 14.8. The summed E-state index contributed by atoms with van der Waals surface area (Å²) in [4.78, 5) is 41.6. The molecular formula is C25H35N3O7S. The molecule has 0 unspecified atom stereocenters. The van der Waals surface area contributed by atoms with Crippen LogP contribution in [-0.2, 0) is 32.3 Å². The number of amides is 3. The number of carbonyl (C=O) groups excluding carboxylic acids is 3. The summed E-state index contributed by atoms with van der Waals surface area (Å²) in [6, 6.07) is 15.1. The number of ether oxygens (including phenoxy) is 3. The topological polar surface area (TPSA) is 115 Å². The Morgan fingerprint density at radius 2 is 1.58 bits per heavy atom. The molecule has 0 aliphatic carbocycles. The van der Waals surface area contributed by atoms with Gasteiger partial charge in [-0.3, -0.25) is 9.63 Å². The lowest BCUT2D eigenvalue weighted by Gasteiger charge is -2.23. The molecule has 0 bridgehead atoms. The van der Waals surface area contributed by atoms with Crippen molar-refractivity contribution in [3.05, 3.63) is 65.7 Å². The summed E-state index contributed by atoms with van der Waals surface area (Å²) in [6.45, 7) is 5.57. The Balaban J connectivity index is 0.00000648. The zero-order valence-electron chi connectivity index (χ0n) is 21.2. The van der Waals surface area contributed by atoms with Crippen LogP contribution < -0.4 is 15.4 Å². The molecule has 36 heavy (non-hydrogen) atoms. The first kappa shape index (κ1) is 30.6. The summed E-state index contributed by atoms with van der Waals surface area (Å²) >= 11 is 0. The second-order valence-electron chi connectivity index (χ2n) is 8.59. The number of benzene rings is 2. The molecule has 0 aliphatic heterocycles. The smallest absolute Gasteiger partial charge is 0.408 e. The first-order chi connectivity index (χ1) is 16.6. The Labute approximate surface area is 218 Å². The number of hydrogen-bond donors (Lipinski definition) is 2. The number of carbonyl (C=O) groups is 3. The highest BCUT2D eigenvalue weighted by molar-refractivity contribution is 7.59. The maximum atomic E-state index is 12.6. The van der Waals surface area contributed by atoms with Crippen LogP contribution in [0, 0.1) is 0 Å². The van der Waals surface area contributed by atoms with Crippen LogP contribution in [0.25, 0.3) is 0 Å². The summed E-state index contributed by atoms with van der Waals surface area (Å²) in [5, 5.41) is 6.19. The first-order valence-electron chi connectivity index (χ1n) is 11.0. The summed E-state index contributed by atoms with van der Waals surface area (Å²) in [5.41, 5.74) is 1.07. The van der Waals surface area contributed by atoms with Gasteiger partial charge in [-0.2, -0.15) is 13.5 Å².